The Morgan fingerprint density at radius 1 is 1.33 bits per heavy atom. The highest BCUT2D eigenvalue weighted by molar-refractivity contribution is 5.28. The van der Waals surface area contributed by atoms with Crippen molar-refractivity contribution in [3.63, 3.8) is 0 Å². The maximum atomic E-state index is 5.55. The topological polar surface area (TPSA) is 48.1 Å². The third kappa shape index (κ3) is 5.37. The van der Waals surface area contributed by atoms with Crippen molar-refractivity contribution in [1.82, 2.24) is 4.98 Å². The number of pyridine rings is 1. The second kappa shape index (κ2) is 5.12. The van der Waals surface area contributed by atoms with E-state index in [0.29, 0.717) is 17.8 Å². The molecular weight excluding hydrogens is 188 g/mol. The number of hydrogen-bond acceptors (Lipinski definition) is 3. The molecule has 1 aromatic heterocycles. The van der Waals surface area contributed by atoms with Crippen LogP contribution in [0.4, 0.5) is 5.82 Å². The Balaban J connectivity index is 2.23. The van der Waals surface area contributed by atoms with Gasteiger partial charge < -0.3 is 10.5 Å². The molecule has 15 heavy (non-hydrogen) atoms. The molecule has 0 radical (unpaired) electrons. The van der Waals surface area contributed by atoms with Gasteiger partial charge in [0, 0.05) is 12.8 Å². The van der Waals surface area contributed by atoms with Crippen molar-refractivity contribution in [3.8, 4) is 0 Å². The van der Waals surface area contributed by atoms with Gasteiger partial charge in [0.2, 0.25) is 0 Å². The molecule has 84 valence electrons. The van der Waals surface area contributed by atoms with Crippen molar-refractivity contribution in [2.45, 2.75) is 33.8 Å². The third-order valence-corrected chi connectivity index (χ3v) is 2.11. The molecule has 0 saturated heterocycles. The Morgan fingerprint density at radius 3 is 2.60 bits per heavy atom. The first-order chi connectivity index (χ1) is 6.97. The highest BCUT2D eigenvalue weighted by Gasteiger charge is 2.09. The van der Waals surface area contributed by atoms with Crippen molar-refractivity contribution >= 4 is 5.82 Å². The molecule has 0 aliphatic carbocycles. The van der Waals surface area contributed by atoms with Crippen molar-refractivity contribution < 1.29 is 4.74 Å². The molecule has 0 amide bonds. The summed E-state index contributed by atoms with van der Waals surface area (Å²) in [7, 11) is 0. The second-order valence-electron chi connectivity index (χ2n) is 4.95. The van der Waals surface area contributed by atoms with Crippen LogP contribution >= 0.6 is 0 Å². The number of nitrogens with zero attached hydrogens (tertiary/aromatic N) is 1. The van der Waals surface area contributed by atoms with Gasteiger partial charge in [0.25, 0.3) is 0 Å². The molecule has 1 heterocycles. The summed E-state index contributed by atoms with van der Waals surface area (Å²) in [5, 5.41) is 0. The van der Waals surface area contributed by atoms with Crippen LogP contribution in [0.25, 0.3) is 0 Å². The normalized spacial score (nSPS) is 11.7. The van der Waals surface area contributed by atoms with Gasteiger partial charge in [0.05, 0.1) is 6.61 Å². The number of anilines is 1. The molecule has 0 aliphatic rings. The first-order valence-electron chi connectivity index (χ1n) is 5.25. The SMILES string of the molecule is CC(C)(C)CCOCc1ccc(N)nc1. The van der Waals surface area contributed by atoms with Crippen LogP contribution < -0.4 is 5.73 Å². The maximum absolute atomic E-state index is 5.55. The molecular formula is C12H20N2O. The first kappa shape index (κ1) is 12.0. The average Bonchev–Trinajstić information content (AvgIpc) is 2.14. The minimum absolute atomic E-state index is 0.333. The van der Waals surface area contributed by atoms with Gasteiger partial charge in [-0.25, -0.2) is 4.98 Å². The Bertz CT molecular complexity index is 287. The van der Waals surface area contributed by atoms with Crippen molar-refractivity contribution in [3.05, 3.63) is 23.9 Å². The molecule has 0 spiro atoms. The Hall–Kier alpha value is -1.09. The molecule has 0 fully saturated rings. The van der Waals surface area contributed by atoms with Gasteiger partial charge in [-0.05, 0) is 23.5 Å². The molecule has 0 aromatic carbocycles. The lowest BCUT2D eigenvalue weighted by molar-refractivity contribution is 0.0961. The van der Waals surface area contributed by atoms with Crippen LogP contribution in [-0.2, 0) is 11.3 Å². The van der Waals surface area contributed by atoms with E-state index in [-0.39, 0.29) is 0 Å². The van der Waals surface area contributed by atoms with Gasteiger partial charge in [-0.2, -0.15) is 0 Å². The summed E-state index contributed by atoms with van der Waals surface area (Å²) in [4.78, 5) is 4.00. The van der Waals surface area contributed by atoms with Gasteiger partial charge >= 0.3 is 0 Å². The maximum Gasteiger partial charge on any atom is 0.123 e. The third-order valence-electron chi connectivity index (χ3n) is 2.11. The minimum Gasteiger partial charge on any atom is -0.384 e. The lowest BCUT2D eigenvalue weighted by atomic mass is 9.93. The van der Waals surface area contributed by atoms with Gasteiger partial charge in [-0.1, -0.05) is 26.8 Å². The Morgan fingerprint density at radius 2 is 2.07 bits per heavy atom. The molecule has 1 rings (SSSR count). The summed E-state index contributed by atoms with van der Waals surface area (Å²) in [5.74, 6) is 0.549. The van der Waals surface area contributed by atoms with E-state index < -0.39 is 0 Å². The van der Waals surface area contributed by atoms with E-state index in [9.17, 15) is 0 Å². The fraction of sp³-hybridized carbons (Fsp3) is 0.583. The van der Waals surface area contributed by atoms with Crippen molar-refractivity contribution in [1.29, 1.82) is 0 Å². The molecule has 0 unspecified atom stereocenters. The lowest BCUT2D eigenvalue weighted by Crippen LogP contribution is -2.09. The van der Waals surface area contributed by atoms with Crippen molar-refractivity contribution in [2.75, 3.05) is 12.3 Å². The minimum atomic E-state index is 0.333. The summed E-state index contributed by atoms with van der Waals surface area (Å²) in [6, 6.07) is 3.74. The number of ether oxygens (including phenoxy) is 1. The predicted molar refractivity (Wildman–Crippen MR) is 62.4 cm³/mol. The van der Waals surface area contributed by atoms with E-state index in [2.05, 4.69) is 25.8 Å². The number of nitrogens with two attached hydrogens (primary N) is 1. The highest BCUT2D eigenvalue weighted by atomic mass is 16.5. The number of hydrogen-bond donors (Lipinski definition) is 1. The van der Waals surface area contributed by atoms with E-state index in [1.54, 1.807) is 12.3 Å². The van der Waals surface area contributed by atoms with Crippen molar-refractivity contribution in [2.24, 2.45) is 5.41 Å². The number of nitrogen functional groups attached to an aromatic ring is 1. The average molecular weight is 208 g/mol. The summed E-state index contributed by atoms with van der Waals surface area (Å²) >= 11 is 0. The Kier molecular flexibility index (Phi) is 4.09. The van der Waals surface area contributed by atoms with Crippen LogP contribution in [0.5, 0.6) is 0 Å². The summed E-state index contributed by atoms with van der Waals surface area (Å²) < 4.78 is 5.55. The van der Waals surface area contributed by atoms with Crippen LogP contribution in [0.1, 0.15) is 32.8 Å². The van der Waals surface area contributed by atoms with E-state index >= 15 is 0 Å². The zero-order valence-electron chi connectivity index (χ0n) is 9.79. The fourth-order valence-electron chi connectivity index (χ4n) is 1.09. The number of aromatic nitrogens is 1. The van der Waals surface area contributed by atoms with Crippen LogP contribution in [0, 0.1) is 5.41 Å². The highest BCUT2D eigenvalue weighted by Crippen LogP contribution is 2.18. The quantitative estimate of drug-likeness (QED) is 0.774. The second-order valence-corrected chi connectivity index (χ2v) is 4.95. The molecule has 0 bridgehead atoms. The van der Waals surface area contributed by atoms with Crippen LogP contribution in [0.3, 0.4) is 0 Å². The van der Waals surface area contributed by atoms with E-state index in [0.717, 1.165) is 18.6 Å². The fourth-order valence-corrected chi connectivity index (χ4v) is 1.09. The smallest absolute Gasteiger partial charge is 0.123 e. The van der Waals surface area contributed by atoms with E-state index in [1.165, 1.54) is 0 Å². The molecule has 0 aliphatic heterocycles. The summed E-state index contributed by atoms with van der Waals surface area (Å²) in [5.41, 5.74) is 6.89. The molecule has 0 atom stereocenters. The predicted octanol–water partition coefficient (Wildman–Crippen LogP) is 2.62. The zero-order valence-corrected chi connectivity index (χ0v) is 9.79. The standard InChI is InChI=1S/C12H20N2O/c1-12(2,3)6-7-15-9-10-4-5-11(13)14-8-10/h4-5,8H,6-7,9H2,1-3H3,(H2,13,14). The zero-order chi connectivity index (χ0) is 11.3. The molecule has 2 N–H and O–H groups in total. The first-order valence-corrected chi connectivity index (χ1v) is 5.25. The molecule has 3 nitrogen and oxygen atoms in total. The van der Waals surface area contributed by atoms with Gasteiger partial charge in [-0.3, -0.25) is 0 Å². The van der Waals surface area contributed by atoms with Crippen LogP contribution in [0.15, 0.2) is 18.3 Å². The monoisotopic (exact) mass is 208 g/mol. The largest absolute Gasteiger partial charge is 0.384 e. The van der Waals surface area contributed by atoms with Gasteiger partial charge in [-0.15, -0.1) is 0 Å². The lowest BCUT2D eigenvalue weighted by Gasteiger charge is -2.17. The van der Waals surface area contributed by atoms with Crippen LogP contribution in [0.2, 0.25) is 0 Å². The number of rotatable bonds is 4. The van der Waals surface area contributed by atoms with Gasteiger partial charge in [0.1, 0.15) is 5.82 Å². The van der Waals surface area contributed by atoms with E-state index in [4.69, 9.17) is 10.5 Å². The molecule has 3 heteroatoms. The Labute approximate surface area is 91.7 Å². The van der Waals surface area contributed by atoms with Gasteiger partial charge in [0.15, 0.2) is 0 Å². The summed E-state index contributed by atoms with van der Waals surface area (Å²) in [6.45, 7) is 8.03. The van der Waals surface area contributed by atoms with Crippen LogP contribution in [-0.4, -0.2) is 11.6 Å². The summed E-state index contributed by atoms with van der Waals surface area (Å²) in [6.07, 6.45) is 2.82. The van der Waals surface area contributed by atoms with E-state index in [1.807, 2.05) is 6.07 Å². The molecule has 1 aromatic rings. The molecule has 0 saturated carbocycles.